The van der Waals surface area contributed by atoms with Crippen LogP contribution in [0.15, 0.2) is 60.7 Å². The lowest BCUT2D eigenvalue weighted by Gasteiger charge is -2.23. The van der Waals surface area contributed by atoms with Gasteiger partial charge in [0, 0.05) is 0 Å². The smallest absolute Gasteiger partial charge is 0.335 e. The van der Waals surface area contributed by atoms with Crippen LogP contribution in [0.5, 0.6) is 5.75 Å². The van der Waals surface area contributed by atoms with E-state index < -0.39 is 5.97 Å². The van der Waals surface area contributed by atoms with Crippen LogP contribution in [-0.2, 0) is 12.8 Å². The molecule has 0 aromatic heterocycles. The number of carboxylic acids is 1. The quantitative estimate of drug-likeness (QED) is 0.678. The Hall–Kier alpha value is -2.81. The standard InChI is InChI=1S/C12H16O.C11H8O2/c1-9-6-7-10-4-3-5-12(13-2)11(10)8-9;12-11(13)10-6-5-8-3-1-2-4-9(8)7-10/h3-5,9H,6-8H2,1-2H3;1-7H,(H,12,13)/t9-;/m0./s1. The number of carbonyl (C=O) groups is 1. The van der Waals surface area contributed by atoms with Gasteiger partial charge < -0.3 is 9.84 Å². The molecule has 3 heteroatoms. The Morgan fingerprint density at radius 2 is 1.81 bits per heavy atom. The maximum Gasteiger partial charge on any atom is 0.335 e. The first kappa shape index (κ1) is 18.0. The van der Waals surface area contributed by atoms with Crippen molar-refractivity contribution in [2.45, 2.75) is 26.2 Å². The van der Waals surface area contributed by atoms with Gasteiger partial charge in [-0.2, -0.15) is 0 Å². The van der Waals surface area contributed by atoms with Crippen molar-refractivity contribution in [3.63, 3.8) is 0 Å². The summed E-state index contributed by atoms with van der Waals surface area (Å²) >= 11 is 0. The van der Waals surface area contributed by atoms with E-state index in [0.29, 0.717) is 5.56 Å². The number of hydrogen-bond donors (Lipinski definition) is 1. The van der Waals surface area contributed by atoms with Gasteiger partial charge in [0.25, 0.3) is 0 Å². The number of benzene rings is 3. The molecular formula is C23H24O3. The number of fused-ring (bicyclic) bond motifs is 2. The minimum absolute atomic E-state index is 0.332. The van der Waals surface area contributed by atoms with Crippen molar-refractivity contribution < 1.29 is 14.6 Å². The van der Waals surface area contributed by atoms with Crippen molar-refractivity contribution >= 4 is 16.7 Å². The zero-order valence-corrected chi connectivity index (χ0v) is 15.2. The molecule has 0 spiro atoms. The predicted molar refractivity (Wildman–Crippen MR) is 105 cm³/mol. The lowest BCUT2D eigenvalue weighted by atomic mass is 9.84. The van der Waals surface area contributed by atoms with Crippen LogP contribution in [0.2, 0.25) is 0 Å². The van der Waals surface area contributed by atoms with Crippen molar-refractivity contribution in [1.82, 2.24) is 0 Å². The topological polar surface area (TPSA) is 46.5 Å². The van der Waals surface area contributed by atoms with Gasteiger partial charge in [0.2, 0.25) is 0 Å². The summed E-state index contributed by atoms with van der Waals surface area (Å²) in [6.45, 7) is 2.31. The van der Waals surface area contributed by atoms with Gasteiger partial charge in [0.05, 0.1) is 12.7 Å². The molecular weight excluding hydrogens is 324 g/mol. The number of rotatable bonds is 2. The molecule has 0 heterocycles. The third-order valence-electron chi connectivity index (χ3n) is 4.91. The Morgan fingerprint density at radius 3 is 2.54 bits per heavy atom. The van der Waals surface area contributed by atoms with Gasteiger partial charge in [-0.1, -0.05) is 49.4 Å². The van der Waals surface area contributed by atoms with Gasteiger partial charge in [-0.3, -0.25) is 0 Å². The van der Waals surface area contributed by atoms with Gasteiger partial charge >= 0.3 is 5.97 Å². The number of aryl methyl sites for hydroxylation is 1. The molecule has 134 valence electrons. The highest BCUT2D eigenvalue weighted by molar-refractivity contribution is 5.94. The number of carboxylic acid groups (broad SMARTS) is 1. The molecule has 1 aliphatic carbocycles. The van der Waals surface area contributed by atoms with Gasteiger partial charge in [0.1, 0.15) is 5.75 Å². The molecule has 1 N–H and O–H groups in total. The average molecular weight is 348 g/mol. The third kappa shape index (κ3) is 4.05. The van der Waals surface area contributed by atoms with Crippen LogP contribution in [0, 0.1) is 5.92 Å². The Bertz CT molecular complexity index is 900. The van der Waals surface area contributed by atoms with Crippen LogP contribution < -0.4 is 4.74 Å². The summed E-state index contributed by atoms with van der Waals surface area (Å²) < 4.78 is 5.36. The monoisotopic (exact) mass is 348 g/mol. The highest BCUT2D eigenvalue weighted by Crippen LogP contribution is 2.31. The predicted octanol–water partition coefficient (Wildman–Crippen LogP) is 5.36. The molecule has 4 rings (SSSR count). The van der Waals surface area contributed by atoms with Gasteiger partial charge in [-0.25, -0.2) is 4.79 Å². The first-order valence-corrected chi connectivity index (χ1v) is 8.95. The number of methoxy groups -OCH3 is 1. The molecule has 1 atom stereocenters. The van der Waals surface area contributed by atoms with Crippen LogP contribution in [-0.4, -0.2) is 18.2 Å². The molecule has 0 amide bonds. The molecule has 0 radical (unpaired) electrons. The van der Waals surface area contributed by atoms with Crippen LogP contribution in [0.4, 0.5) is 0 Å². The van der Waals surface area contributed by atoms with Crippen LogP contribution in [0.1, 0.15) is 34.8 Å². The summed E-state index contributed by atoms with van der Waals surface area (Å²) in [5, 5.41) is 10.8. The molecule has 3 aromatic rings. The minimum atomic E-state index is -0.884. The Morgan fingerprint density at radius 1 is 1.04 bits per heavy atom. The highest BCUT2D eigenvalue weighted by atomic mass is 16.5. The van der Waals surface area contributed by atoms with E-state index in [-0.39, 0.29) is 0 Å². The molecule has 0 saturated carbocycles. The Labute approximate surface area is 154 Å². The first-order chi connectivity index (χ1) is 12.6. The van der Waals surface area contributed by atoms with Crippen molar-refractivity contribution in [2.75, 3.05) is 7.11 Å². The second-order valence-corrected chi connectivity index (χ2v) is 6.81. The van der Waals surface area contributed by atoms with Gasteiger partial charge in [0.15, 0.2) is 0 Å². The summed E-state index contributed by atoms with van der Waals surface area (Å²) in [4.78, 5) is 10.6. The normalized spacial score (nSPS) is 15.5. The summed E-state index contributed by atoms with van der Waals surface area (Å²) in [5.74, 6) is 0.999. The van der Waals surface area contributed by atoms with Crippen molar-refractivity contribution in [3.05, 3.63) is 77.4 Å². The van der Waals surface area contributed by atoms with Gasteiger partial charge in [-0.15, -0.1) is 0 Å². The fraction of sp³-hybridized carbons (Fsp3) is 0.261. The average Bonchev–Trinajstić information content (AvgIpc) is 2.67. The lowest BCUT2D eigenvalue weighted by Crippen LogP contribution is -2.12. The van der Waals surface area contributed by atoms with Crippen LogP contribution in [0.25, 0.3) is 10.8 Å². The zero-order valence-electron chi connectivity index (χ0n) is 15.2. The first-order valence-electron chi connectivity index (χ1n) is 8.95. The second-order valence-electron chi connectivity index (χ2n) is 6.81. The Kier molecular flexibility index (Phi) is 5.57. The summed E-state index contributed by atoms with van der Waals surface area (Å²) in [7, 11) is 1.76. The van der Waals surface area contributed by atoms with Gasteiger partial charge in [-0.05, 0) is 65.3 Å². The van der Waals surface area contributed by atoms with E-state index in [1.54, 1.807) is 19.2 Å². The largest absolute Gasteiger partial charge is 0.496 e. The van der Waals surface area contributed by atoms with Crippen LogP contribution >= 0.6 is 0 Å². The minimum Gasteiger partial charge on any atom is -0.496 e. The van der Waals surface area contributed by atoms with E-state index in [2.05, 4.69) is 25.1 Å². The Balaban J connectivity index is 0.000000151. The van der Waals surface area contributed by atoms with Crippen molar-refractivity contribution in [3.8, 4) is 5.75 Å². The lowest BCUT2D eigenvalue weighted by molar-refractivity contribution is 0.0697. The van der Waals surface area contributed by atoms with E-state index in [9.17, 15) is 4.79 Å². The van der Waals surface area contributed by atoms with E-state index >= 15 is 0 Å². The SMILES string of the molecule is COc1cccc2c1C[C@@H](C)CC2.O=C(O)c1ccc2ccccc2c1. The van der Waals surface area contributed by atoms with Crippen molar-refractivity contribution in [1.29, 1.82) is 0 Å². The van der Waals surface area contributed by atoms with E-state index in [0.717, 1.165) is 22.4 Å². The van der Waals surface area contributed by atoms with E-state index in [1.807, 2.05) is 30.3 Å². The summed E-state index contributed by atoms with van der Waals surface area (Å²) in [6, 6.07) is 19.2. The number of hydrogen-bond acceptors (Lipinski definition) is 2. The van der Waals surface area contributed by atoms with Crippen LogP contribution in [0.3, 0.4) is 0 Å². The molecule has 0 unspecified atom stereocenters. The molecule has 26 heavy (non-hydrogen) atoms. The summed E-state index contributed by atoms with van der Waals surface area (Å²) in [6.07, 6.45) is 3.72. The number of ether oxygens (including phenoxy) is 1. The maximum absolute atomic E-state index is 10.6. The summed E-state index contributed by atoms with van der Waals surface area (Å²) in [5.41, 5.74) is 3.25. The molecule has 0 aliphatic heterocycles. The van der Waals surface area contributed by atoms with E-state index in [1.165, 1.54) is 30.4 Å². The molecule has 0 bridgehead atoms. The second kappa shape index (κ2) is 8.05. The molecule has 0 fully saturated rings. The molecule has 3 aromatic carbocycles. The maximum atomic E-state index is 10.6. The fourth-order valence-corrected chi connectivity index (χ4v) is 3.44. The molecule has 0 saturated heterocycles. The van der Waals surface area contributed by atoms with E-state index in [4.69, 9.17) is 9.84 Å². The zero-order chi connectivity index (χ0) is 18.5. The van der Waals surface area contributed by atoms with Crippen molar-refractivity contribution in [2.24, 2.45) is 5.92 Å². The third-order valence-corrected chi connectivity index (χ3v) is 4.91. The highest BCUT2D eigenvalue weighted by Gasteiger charge is 2.17. The molecule has 1 aliphatic rings. The molecule has 3 nitrogen and oxygen atoms in total. The number of aromatic carboxylic acids is 1. The fourth-order valence-electron chi connectivity index (χ4n) is 3.44.